The number of nitrogens with one attached hydrogen (secondary N) is 3. The smallest absolute Gasteiger partial charge is 0.263 e. The number of hydrogen-bond acceptors (Lipinski definition) is 6. The number of carbonyl (C=O) groups excluding carboxylic acids is 2. The van der Waals surface area contributed by atoms with Gasteiger partial charge in [-0.05, 0) is 31.4 Å². The Morgan fingerprint density at radius 2 is 2.31 bits per heavy atom. The molecule has 8 nitrogen and oxygen atoms in total. The van der Waals surface area contributed by atoms with Crippen LogP contribution in [0.25, 0.3) is 0 Å². The first-order valence-corrected chi connectivity index (χ1v) is 9.31. The number of nitrogens with zero attached hydrogens (tertiary/aromatic N) is 1. The third kappa shape index (κ3) is 4.99. The topological polar surface area (TPSA) is 113 Å². The van der Waals surface area contributed by atoms with Crippen LogP contribution in [0.1, 0.15) is 35.3 Å². The van der Waals surface area contributed by atoms with Crippen molar-refractivity contribution in [3.63, 3.8) is 0 Å². The summed E-state index contributed by atoms with van der Waals surface area (Å²) < 4.78 is 5.46. The molecule has 1 aliphatic heterocycles. The molecule has 0 bridgehead atoms. The van der Waals surface area contributed by atoms with Crippen LogP contribution in [-0.4, -0.2) is 41.0 Å². The Balaban J connectivity index is 1.45. The lowest BCUT2D eigenvalue weighted by atomic mass is 10.2. The van der Waals surface area contributed by atoms with Gasteiger partial charge >= 0.3 is 0 Å². The molecule has 3 N–H and O–H groups in total. The van der Waals surface area contributed by atoms with E-state index in [1.165, 1.54) is 23.6 Å². The number of amides is 2. The van der Waals surface area contributed by atoms with Crippen LogP contribution in [-0.2, 0) is 16.0 Å². The van der Waals surface area contributed by atoms with E-state index < -0.39 is 11.5 Å². The summed E-state index contributed by atoms with van der Waals surface area (Å²) in [6.45, 7) is 1.31. The van der Waals surface area contributed by atoms with Gasteiger partial charge in [-0.2, -0.15) is 0 Å². The lowest BCUT2D eigenvalue weighted by molar-refractivity contribution is -0.121. The van der Waals surface area contributed by atoms with Crippen molar-refractivity contribution in [3.8, 4) is 0 Å². The van der Waals surface area contributed by atoms with Gasteiger partial charge in [0.25, 0.3) is 11.5 Å². The number of aromatic amines is 1. The van der Waals surface area contributed by atoms with Crippen LogP contribution in [0.2, 0.25) is 0 Å². The molecule has 0 aromatic carbocycles. The van der Waals surface area contributed by atoms with E-state index >= 15 is 0 Å². The first-order chi connectivity index (χ1) is 12.6. The van der Waals surface area contributed by atoms with Crippen molar-refractivity contribution < 1.29 is 14.3 Å². The van der Waals surface area contributed by atoms with E-state index in [1.807, 2.05) is 0 Å². The zero-order valence-electron chi connectivity index (χ0n) is 14.1. The largest absolute Gasteiger partial charge is 0.376 e. The van der Waals surface area contributed by atoms with Crippen molar-refractivity contribution in [3.05, 3.63) is 45.3 Å². The third-order valence-corrected chi connectivity index (χ3v) is 4.80. The molecular weight excluding hydrogens is 356 g/mol. The number of thiazole rings is 1. The first kappa shape index (κ1) is 18.3. The molecule has 0 radical (unpaired) electrons. The summed E-state index contributed by atoms with van der Waals surface area (Å²) in [6.07, 6.45) is 4.42. The number of anilines is 1. The monoisotopic (exact) mass is 376 g/mol. The standard InChI is InChI=1S/C17H20N4O4S/c22-14(19-9-12-3-2-8-25-12)6-5-11-10-26-17(20-11)21-16(24)13-4-1-7-18-15(13)23/h1,4,7,10,12H,2-3,5-6,8-9H2,(H,18,23)(H,19,22)(H,20,21,24)/t12-/m0/s1. The fraction of sp³-hybridized carbons (Fsp3) is 0.412. The second-order valence-electron chi connectivity index (χ2n) is 5.95. The molecule has 0 unspecified atom stereocenters. The van der Waals surface area contributed by atoms with E-state index in [2.05, 4.69) is 20.6 Å². The van der Waals surface area contributed by atoms with Gasteiger partial charge < -0.3 is 15.0 Å². The fourth-order valence-corrected chi connectivity index (χ4v) is 3.35. The molecule has 1 saturated heterocycles. The molecule has 26 heavy (non-hydrogen) atoms. The Morgan fingerprint density at radius 1 is 1.42 bits per heavy atom. The zero-order valence-corrected chi connectivity index (χ0v) is 14.9. The van der Waals surface area contributed by atoms with E-state index in [-0.39, 0.29) is 17.6 Å². The summed E-state index contributed by atoms with van der Waals surface area (Å²) in [6, 6.07) is 3.03. The van der Waals surface area contributed by atoms with Gasteiger partial charge in [0.2, 0.25) is 5.91 Å². The van der Waals surface area contributed by atoms with Crippen molar-refractivity contribution in [2.45, 2.75) is 31.8 Å². The van der Waals surface area contributed by atoms with Gasteiger partial charge in [0.1, 0.15) is 5.56 Å². The minimum absolute atomic E-state index is 0.0257. The lowest BCUT2D eigenvalue weighted by Crippen LogP contribution is -2.31. The summed E-state index contributed by atoms with van der Waals surface area (Å²) in [7, 11) is 0. The average molecular weight is 376 g/mol. The number of ether oxygens (including phenoxy) is 1. The third-order valence-electron chi connectivity index (χ3n) is 3.99. The highest BCUT2D eigenvalue weighted by molar-refractivity contribution is 7.14. The predicted molar refractivity (Wildman–Crippen MR) is 97.4 cm³/mol. The molecule has 138 valence electrons. The van der Waals surface area contributed by atoms with Crippen molar-refractivity contribution in [1.29, 1.82) is 0 Å². The molecular formula is C17H20N4O4S. The molecule has 9 heteroatoms. The van der Waals surface area contributed by atoms with Crippen LogP contribution in [0.4, 0.5) is 5.13 Å². The summed E-state index contributed by atoms with van der Waals surface area (Å²) in [5.41, 5.74) is 0.294. The highest BCUT2D eigenvalue weighted by Gasteiger charge is 2.16. The molecule has 3 heterocycles. The minimum Gasteiger partial charge on any atom is -0.376 e. The number of carbonyl (C=O) groups is 2. The maximum Gasteiger partial charge on any atom is 0.263 e. The van der Waals surface area contributed by atoms with Crippen molar-refractivity contribution in [1.82, 2.24) is 15.3 Å². The minimum atomic E-state index is -0.512. The highest BCUT2D eigenvalue weighted by Crippen LogP contribution is 2.17. The Kier molecular flexibility index (Phi) is 6.13. The van der Waals surface area contributed by atoms with Crippen LogP contribution in [0.5, 0.6) is 0 Å². The molecule has 3 rings (SSSR count). The molecule has 2 aromatic rings. The second kappa shape index (κ2) is 8.72. The predicted octanol–water partition coefficient (Wildman–Crippen LogP) is 1.31. The van der Waals surface area contributed by atoms with E-state index in [0.29, 0.717) is 24.5 Å². The van der Waals surface area contributed by atoms with E-state index in [1.54, 1.807) is 11.4 Å². The van der Waals surface area contributed by atoms with Crippen molar-refractivity contribution >= 4 is 28.3 Å². The molecule has 2 amide bonds. The van der Waals surface area contributed by atoms with Gasteiger partial charge in [-0.1, -0.05) is 0 Å². The normalized spacial score (nSPS) is 16.4. The van der Waals surface area contributed by atoms with Crippen LogP contribution in [0.15, 0.2) is 28.5 Å². The van der Waals surface area contributed by atoms with Crippen LogP contribution < -0.4 is 16.2 Å². The first-order valence-electron chi connectivity index (χ1n) is 8.43. The number of aromatic nitrogens is 2. The molecule has 1 aliphatic rings. The number of aryl methyl sites for hydroxylation is 1. The number of hydrogen-bond donors (Lipinski definition) is 3. The maximum atomic E-state index is 12.1. The Morgan fingerprint density at radius 3 is 3.08 bits per heavy atom. The SMILES string of the molecule is O=C(CCc1csc(NC(=O)c2ccc[nH]c2=O)n1)NC[C@@H]1CCCO1. The molecule has 0 spiro atoms. The van der Waals surface area contributed by atoms with Crippen molar-refractivity contribution in [2.24, 2.45) is 0 Å². The molecule has 1 fully saturated rings. The van der Waals surface area contributed by atoms with E-state index in [9.17, 15) is 14.4 Å². The second-order valence-corrected chi connectivity index (χ2v) is 6.81. The van der Waals surface area contributed by atoms with Gasteiger partial charge in [-0.15, -0.1) is 11.3 Å². The quantitative estimate of drug-likeness (QED) is 0.674. The molecule has 1 atom stereocenters. The van der Waals surface area contributed by atoms with Crippen LogP contribution >= 0.6 is 11.3 Å². The van der Waals surface area contributed by atoms with E-state index in [4.69, 9.17) is 4.74 Å². The lowest BCUT2D eigenvalue weighted by Gasteiger charge is -2.10. The van der Waals surface area contributed by atoms with Gasteiger partial charge in [0.05, 0.1) is 11.8 Å². The number of H-pyrrole nitrogens is 1. The van der Waals surface area contributed by atoms with Crippen LogP contribution in [0.3, 0.4) is 0 Å². The van der Waals surface area contributed by atoms with Gasteiger partial charge in [-0.25, -0.2) is 4.98 Å². The Labute approximate surface area is 154 Å². The van der Waals surface area contributed by atoms with Gasteiger partial charge in [0.15, 0.2) is 5.13 Å². The number of rotatable bonds is 7. The summed E-state index contributed by atoms with van der Waals surface area (Å²) in [4.78, 5) is 42.3. The maximum absolute atomic E-state index is 12.1. The molecule has 0 saturated carbocycles. The fourth-order valence-electron chi connectivity index (χ4n) is 2.61. The average Bonchev–Trinajstić information content (AvgIpc) is 3.30. The summed E-state index contributed by atoms with van der Waals surface area (Å²) >= 11 is 1.26. The van der Waals surface area contributed by atoms with Gasteiger partial charge in [-0.3, -0.25) is 19.7 Å². The highest BCUT2D eigenvalue weighted by atomic mass is 32.1. The Hall–Kier alpha value is -2.52. The molecule has 2 aromatic heterocycles. The number of pyridine rings is 1. The van der Waals surface area contributed by atoms with Crippen molar-refractivity contribution in [2.75, 3.05) is 18.5 Å². The zero-order chi connectivity index (χ0) is 18.4. The Bertz CT molecular complexity index is 826. The summed E-state index contributed by atoms with van der Waals surface area (Å²) in [5.74, 6) is -0.558. The van der Waals surface area contributed by atoms with E-state index in [0.717, 1.165) is 25.1 Å². The summed E-state index contributed by atoms with van der Waals surface area (Å²) in [5, 5.41) is 7.65. The molecule has 0 aliphatic carbocycles. The van der Waals surface area contributed by atoms with Gasteiger partial charge in [0, 0.05) is 31.1 Å². The van der Waals surface area contributed by atoms with Crippen LogP contribution in [0, 0.1) is 0 Å².